The average Bonchev–Trinajstić information content (AvgIpc) is 2.38. The van der Waals surface area contributed by atoms with Crippen LogP contribution in [0.4, 0.5) is 5.95 Å². The number of anilines is 1. The zero-order chi connectivity index (χ0) is 13.0. The third kappa shape index (κ3) is 2.91. The summed E-state index contributed by atoms with van der Waals surface area (Å²) in [5.74, 6) is -0.758. The second kappa shape index (κ2) is 5.39. The van der Waals surface area contributed by atoms with E-state index in [0.717, 1.165) is 11.0 Å². The van der Waals surface area contributed by atoms with E-state index in [1.807, 2.05) is 24.3 Å². The molecular weight excluding hydrogens is 232 g/mol. The molecule has 0 radical (unpaired) electrons. The summed E-state index contributed by atoms with van der Waals surface area (Å²) in [7, 11) is 0. The number of hydrogen-bond acceptors (Lipinski definition) is 5. The van der Waals surface area contributed by atoms with E-state index in [9.17, 15) is 4.79 Å². The highest BCUT2D eigenvalue weighted by Crippen LogP contribution is 2.09. The maximum atomic E-state index is 10.6. The molecule has 1 aromatic heterocycles. The highest BCUT2D eigenvalue weighted by atomic mass is 16.4. The summed E-state index contributed by atoms with van der Waals surface area (Å²) in [6, 6.07) is 7.45. The van der Waals surface area contributed by atoms with Gasteiger partial charge < -0.3 is 10.4 Å². The minimum absolute atomic E-state index is 0.383. The molecule has 1 unspecified atom stereocenters. The van der Waals surface area contributed by atoms with Crippen molar-refractivity contribution in [3.8, 4) is 0 Å². The summed E-state index contributed by atoms with van der Waals surface area (Å²) in [5.41, 5.74) is 1.50. The predicted molar refractivity (Wildman–Crippen MR) is 67.2 cm³/mol. The molecule has 0 fully saturated rings. The van der Waals surface area contributed by atoms with Crippen LogP contribution >= 0.6 is 0 Å². The molecular formula is C12H14N4O2. The Hall–Kier alpha value is -2.24. The van der Waals surface area contributed by atoms with Crippen molar-refractivity contribution in [2.45, 2.75) is 13.3 Å². The van der Waals surface area contributed by atoms with Crippen LogP contribution in [0.5, 0.6) is 0 Å². The lowest BCUT2D eigenvalue weighted by Gasteiger charge is -2.07. The Bertz CT molecular complexity index is 559. The van der Waals surface area contributed by atoms with Crippen molar-refractivity contribution >= 4 is 23.0 Å². The fourth-order valence-electron chi connectivity index (χ4n) is 1.48. The van der Waals surface area contributed by atoms with Crippen LogP contribution in [0.1, 0.15) is 13.3 Å². The van der Waals surface area contributed by atoms with Gasteiger partial charge in [0, 0.05) is 6.54 Å². The number of hydrogen-bond donors (Lipinski definition) is 2. The molecule has 18 heavy (non-hydrogen) atoms. The lowest BCUT2D eigenvalue weighted by Crippen LogP contribution is -2.15. The highest BCUT2D eigenvalue weighted by molar-refractivity contribution is 5.74. The molecule has 0 aliphatic heterocycles. The van der Waals surface area contributed by atoms with Gasteiger partial charge in [-0.2, -0.15) is 0 Å². The Balaban J connectivity index is 1.98. The van der Waals surface area contributed by atoms with Crippen LogP contribution in [0.15, 0.2) is 24.3 Å². The molecule has 0 amide bonds. The molecule has 6 heteroatoms. The smallest absolute Gasteiger partial charge is 0.306 e. The minimum Gasteiger partial charge on any atom is -0.481 e. The van der Waals surface area contributed by atoms with Gasteiger partial charge in [0.15, 0.2) is 0 Å². The molecule has 2 rings (SSSR count). The van der Waals surface area contributed by atoms with Crippen molar-refractivity contribution in [2.24, 2.45) is 5.92 Å². The van der Waals surface area contributed by atoms with Gasteiger partial charge in [-0.15, -0.1) is 10.2 Å². The van der Waals surface area contributed by atoms with Crippen LogP contribution in [0, 0.1) is 5.92 Å². The molecule has 6 nitrogen and oxygen atoms in total. The number of carboxylic acids is 1. The van der Waals surface area contributed by atoms with Gasteiger partial charge >= 0.3 is 5.97 Å². The minimum atomic E-state index is -0.797. The topological polar surface area (TPSA) is 88.0 Å². The summed E-state index contributed by atoms with van der Waals surface area (Å²) >= 11 is 0. The third-order valence-corrected chi connectivity index (χ3v) is 2.64. The standard InChI is InChI=1S/C12H14N4O2/c1-8(11(17)18)6-7-13-12-14-9-4-2-3-5-10(9)15-16-12/h2-5,8H,6-7H2,1H3,(H,17,18)(H,13,14,16). The van der Waals surface area contributed by atoms with Crippen molar-refractivity contribution in [1.29, 1.82) is 0 Å². The first-order chi connectivity index (χ1) is 8.66. The molecule has 94 valence electrons. The normalized spacial score (nSPS) is 12.3. The van der Waals surface area contributed by atoms with Crippen molar-refractivity contribution < 1.29 is 9.90 Å². The Kier molecular flexibility index (Phi) is 3.66. The van der Waals surface area contributed by atoms with Crippen LogP contribution in [-0.4, -0.2) is 32.8 Å². The third-order valence-electron chi connectivity index (χ3n) is 2.64. The van der Waals surface area contributed by atoms with Crippen molar-refractivity contribution in [1.82, 2.24) is 15.2 Å². The molecule has 1 aromatic carbocycles. The maximum absolute atomic E-state index is 10.6. The molecule has 2 aromatic rings. The van der Waals surface area contributed by atoms with Gasteiger partial charge in [0.1, 0.15) is 5.52 Å². The van der Waals surface area contributed by atoms with Gasteiger partial charge in [0.25, 0.3) is 0 Å². The summed E-state index contributed by atoms with van der Waals surface area (Å²) < 4.78 is 0. The number of nitrogens with one attached hydrogen (secondary N) is 1. The van der Waals surface area contributed by atoms with E-state index in [4.69, 9.17) is 5.11 Å². The molecule has 0 aliphatic rings. The molecule has 1 heterocycles. The van der Waals surface area contributed by atoms with Crippen LogP contribution < -0.4 is 5.32 Å². The lowest BCUT2D eigenvalue weighted by atomic mass is 10.1. The molecule has 0 aliphatic carbocycles. The molecule has 1 atom stereocenters. The lowest BCUT2D eigenvalue weighted by molar-refractivity contribution is -0.141. The van der Waals surface area contributed by atoms with Crippen LogP contribution in [0.25, 0.3) is 11.0 Å². The number of carboxylic acid groups (broad SMARTS) is 1. The van der Waals surface area contributed by atoms with Gasteiger partial charge in [0.2, 0.25) is 5.95 Å². The van der Waals surface area contributed by atoms with E-state index in [1.165, 1.54) is 0 Å². The van der Waals surface area contributed by atoms with Crippen molar-refractivity contribution in [3.05, 3.63) is 24.3 Å². The Morgan fingerprint density at radius 1 is 1.33 bits per heavy atom. The van der Waals surface area contributed by atoms with Crippen molar-refractivity contribution in [3.63, 3.8) is 0 Å². The predicted octanol–water partition coefficient (Wildman–Crippen LogP) is 1.55. The second-order valence-electron chi connectivity index (χ2n) is 4.08. The largest absolute Gasteiger partial charge is 0.481 e. The molecule has 2 N–H and O–H groups in total. The number of nitrogens with zero attached hydrogens (tertiary/aromatic N) is 3. The maximum Gasteiger partial charge on any atom is 0.306 e. The van der Waals surface area contributed by atoms with E-state index in [-0.39, 0.29) is 5.92 Å². The average molecular weight is 246 g/mol. The van der Waals surface area contributed by atoms with Gasteiger partial charge in [-0.05, 0) is 18.6 Å². The van der Waals surface area contributed by atoms with E-state index in [1.54, 1.807) is 6.92 Å². The fraction of sp³-hybridized carbons (Fsp3) is 0.333. The van der Waals surface area contributed by atoms with E-state index < -0.39 is 5.97 Å². The van der Waals surface area contributed by atoms with Gasteiger partial charge in [-0.25, -0.2) is 4.98 Å². The van der Waals surface area contributed by atoms with E-state index in [0.29, 0.717) is 18.9 Å². The summed E-state index contributed by atoms with van der Waals surface area (Å²) in [6.07, 6.45) is 0.519. The zero-order valence-corrected chi connectivity index (χ0v) is 10.00. The zero-order valence-electron chi connectivity index (χ0n) is 10.00. The quantitative estimate of drug-likeness (QED) is 0.832. The number of carbonyl (C=O) groups is 1. The molecule has 0 spiro atoms. The SMILES string of the molecule is CC(CCNc1nnc2ccccc2n1)C(=O)O. The van der Waals surface area contributed by atoms with Gasteiger partial charge in [-0.3, -0.25) is 4.79 Å². The number of aromatic nitrogens is 3. The highest BCUT2D eigenvalue weighted by Gasteiger charge is 2.10. The van der Waals surface area contributed by atoms with Crippen LogP contribution in [-0.2, 0) is 4.79 Å². The first-order valence-corrected chi connectivity index (χ1v) is 5.73. The fourth-order valence-corrected chi connectivity index (χ4v) is 1.48. The van der Waals surface area contributed by atoms with E-state index >= 15 is 0 Å². The first-order valence-electron chi connectivity index (χ1n) is 5.73. The Labute approximate surface area is 104 Å². The first kappa shape index (κ1) is 12.2. The summed E-state index contributed by atoms with van der Waals surface area (Å²) in [4.78, 5) is 14.9. The molecule has 0 saturated heterocycles. The van der Waals surface area contributed by atoms with Gasteiger partial charge in [0.05, 0.1) is 11.4 Å². The Morgan fingerprint density at radius 3 is 2.78 bits per heavy atom. The van der Waals surface area contributed by atoms with Crippen LogP contribution in [0.2, 0.25) is 0 Å². The number of aliphatic carboxylic acids is 1. The number of fused-ring (bicyclic) bond motifs is 1. The summed E-state index contributed by atoms with van der Waals surface area (Å²) in [5, 5.41) is 19.7. The number of rotatable bonds is 5. The molecule has 0 saturated carbocycles. The second-order valence-corrected chi connectivity index (χ2v) is 4.08. The van der Waals surface area contributed by atoms with E-state index in [2.05, 4.69) is 20.5 Å². The number of benzene rings is 1. The molecule has 0 bridgehead atoms. The van der Waals surface area contributed by atoms with Gasteiger partial charge in [-0.1, -0.05) is 19.1 Å². The Morgan fingerprint density at radius 2 is 2.06 bits per heavy atom. The summed E-state index contributed by atoms with van der Waals surface area (Å²) in [6.45, 7) is 2.18. The monoisotopic (exact) mass is 246 g/mol. The van der Waals surface area contributed by atoms with Crippen molar-refractivity contribution in [2.75, 3.05) is 11.9 Å². The number of para-hydroxylation sites is 1. The van der Waals surface area contributed by atoms with Crippen LogP contribution in [0.3, 0.4) is 0 Å².